The van der Waals surface area contributed by atoms with Crippen LogP contribution in [0.5, 0.6) is 11.5 Å². The number of likely N-dealkylation sites (tertiary alicyclic amines) is 1. The lowest BCUT2D eigenvalue weighted by Gasteiger charge is -2.40. The van der Waals surface area contributed by atoms with Gasteiger partial charge in [0.2, 0.25) is 0 Å². The molecule has 1 atom stereocenters. The zero-order chi connectivity index (χ0) is 18.7. The molecule has 0 spiro atoms. The van der Waals surface area contributed by atoms with Gasteiger partial charge in [-0.1, -0.05) is 11.6 Å². The average Bonchev–Trinajstić information content (AvgIpc) is 2.56. The molecule has 1 heterocycles. The quantitative estimate of drug-likeness (QED) is 0.850. The molecule has 2 amide bonds. The van der Waals surface area contributed by atoms with Crippen molar-refractivity contribution in [1.29, 1.82) is 0 Å². The van der Waals surface area contributed by atoms with E-state index in [-0.39, 0.29) is 46.6 Å². The van der Waals surface area contributed by atoms with E-state index in [0.717, 1.165) is 0 Å². The number of ether oxygens (including phenoxy) is 1. The molecule has 25 heavy (non-hydrogen) atoms. The van der Waals surface area contributed by atoms with Crippen molar-refractivity contribution in [1.82, 2.24) is 9.80 Å². The number of carboxylic acid groups (broad SMARTS) is 1. The van der Waals surface area contributed by atoms with E-state index in [0.29, 0.717) is 19.4 Å². The molecule has 1 saturated heterocycles. The summed E-state index contributed by atoms with van der Waals surface area (Å²) in [5, 5.41) is 19.4. The summed E-state index contributed by atoms with van der Waals surface area (Å²) in [7, 11) is 1.40. The van der Waals surface area contributed by atoms with Crippen LogP contribution in [0.1, 0.15) is 37.0 Å². The monoisotopic (exact) mass is 370 g/mol. The van der Waals surface area contributed by atoms with Crippen LogP contribution in [0.4, 0.5) is 4.79 Å². The van der Waals surface area contributed by atoms with Gasteiger partial charge in [0, 0.05) is 25.2 Å². The van der Waals surface area contributed by atoms with E-state index in [1.54, 1.807) is 4.90 Å². The van der Waals surface area contributed by atoms with Gasteiger partial charge in [-0.3, -0.25) is 4.79 Å². The van der Waals surface area contributed by atoms with Crippen LogP contribution in [0.3, 0.4) is 0 Å². The summed E-state index contributed by atoms with van der Waals surface area (Å²) >= 11 is 6.20. The molecule has 2 rings (SSSR count). The van der Waals surface area contributed by atoms with Gasteiger partial charge in [-0.15, -0.1) is 0 Å². The largest absolute Gasteiger partial charge is 0.504 e. The van der Waals surface area contributed by atoms with Crippen molar-refractivity contribution in [2.45, 2.75) is 38.8 Å². The number of hydrogen-bond donors (Lipinski definition) is 2. The molecule has 1 aromatic rings. The van der Waals surface area contributed by atoms with Crippen LogP contribution in [0.2, 0.25) is 5.02 Å². The van der Waals surface area contributed by atoms with Crippen LogP contribution in [0, 0.1) is 0 Å². The number of hydrogen-bond acceptors (Lipinski definition) is 4. The van der Waals surface area contributed by atoms with E-state index in [2.05, 4.69) is 0 Å². The normalized spacial score (nSPS) is 17.5. The van der Waals surface area contributed by atoms with Gasteiger partial charge in [-0.25, -0.2) is 4.79 Å². The van der Waals surface area contributed by atoms with E-state index in [9.17, 15) is 19.8 Å². The van der Waals surface area contributed by atoms with Crippen molar-refractivity contribution < 1.29 is 24.5 Å². The highest BCUT2D eigenvalue weighted by atomic mass is 35.5. The third kappa shape index (κ3) is 4.10. The first-order chi connectivity index (χ1) is 11.8. The molecule has 1 aromatic carbocycles. The number of methoxy groups -OCH3 is 1. The van der Waals surface area contributed by atoms with E-state index < -0.39 is 6.09 Å². The van der Waals surface area contributed by atoms with Crippen molar-refractivity contribution in [2.75, 3.05) is 20.2 Å². The van der Waals surface area contributed by atoms with Crippen LogP contribution < -0.4 is 4.74 Å². The molecule has 1 fully saturated rings. The summed E-state index contributed by atoms with van der Waals surface area (Å²) in [6.45, 7) is 4.47. The number of rotatable bonds is 4. The summed E-state index contributed by atoms with van der Waals surface area (Å²) in [5.41, 5.74) is 0.168. The predicted octanol–water partition coefficient (Wildman–Crippen LogP) is 3.05. The number of carbonyl (C=O) groups excluding carboxylic acids is 1. The van der Waals surface area contributed by atoms with Crippen LogP contribution in [0.25, 0.3) is 0 Å². The number of nitrogens with zero attached hydrogens (tertiary/aromatic N) is 2. The van der Waals surface area contributed by atoms with E-state index in [4.69, 9.17) is 16.3 Å². The molecule has 8 heteroatoms. The molecule has 2 N–H and O–H groups in total. The molecule has 7 nitrogen and oxygen atoms in total. The lowest BCUT2D eigenvalue weighted by Crippen LogP contribution is -2.53. The number of benzene rings is 1. The van der Waals surface area contributed by atoms with Crippen LogP contribution >= 0.6 is 11.6 Å². The third-order valence-corrected chi connectivity index (χ3v) is 4.66. The molecule has 1 aliphatic heterocycles. The number of halogens is 1. The Morgan fingerprint density at radius 3 is 2.64 bits per heavy atom. The SMILES string of the molecule is COc1cc(Cl)c(C(=O)N(C(C)C)[C@@H]2CCCN(C(=O)O)C2)cc1O. The Labute approximate surface area is 151 Å². The second kappa shape index (κ2) is 7.82. The molecular weight excluding hydrogens is 348 g/mol. The maximum absolute atomic E-state index is 13.1. The van der Waals surface area contributed by atoms with Crippen LogP contribution in [0.15, 0.2) is 12.1 Å². The first-order valence-electron chi connectivity index (χ1n) is 8.13. The van der Waals surface area contributed by atoms with Gasteiger partial charge in [0.25, 0.3) is 5.91 Å². The Morgan fingerprint density at radius 2 is 2.08 bits per heavy atom. The summed E-state index contributed by atoms with van der Waals surface area (Å²) in [6.07, 6.45) is 0.420. The highest BCUT2D eigenvalue weighted by Crippen LogP contribution is 2.33. The van der Waals surface area contributed by atoms with E-state index >= 15 is 0 Å². The fraction of sp³-hybridized carbons (Fsp3) is 0.529. The summed E-state index contributed by atoms with van der Waals surface area (Å²) < 4.78 is 4.99. The van der Waals surface area contributed by atoms with Gasteiger partial charge in [-0.05, 0) is 32.8 Å². The minimum absolute atomic E-state index is 0.147. The third-order valence-electron chi connectivity index (χ3n) is 4.35. The average molecular weight is 371 g/mol. The van der Waals surface area contributed by atoms with Gasteiger partial charge in [0.05, 0.1) is 23.7 Å². The molecule has 0 aliphatic carbocycles. The van der Waals surface area contributed by atoms with Crippen molar-refractivity contribution in [3.8, 4) is 11.5 Å². The molecule has 1 aliphatic rings. The Bertz CT molecular complexity index is 665. The predicted molar refractivity (Wildman–Crippen MR) is 93.6 cm³/mol. The molecule has 0 unspecified atom stereocenters. The Balaban J connectivity index is 2.33. The van der Waals surface area contributed by atoms with Gasteiger partial charge in [0.1, 0.15) is 0 Å². The molecule has 0 radical (unpaired) electrons. The first kappa shape index (κ1) is 19.2. The Morgan fingerprint density at radius 1 is 1.40 bits per heavy atom. The minimum Gasteiger partial charge on any atom is -0.504 e. The number of phenols is 1. The molecular formula is C17H23ClN2O5. The van der Waals surface area contributed by atoms with Gasteiger partial charge >= 0.3 is 6.09 Å². The number of piperidine rings is 1. The van der Waals surface area contributed by atoms with Crippen molar-refractivity contribution in [2.24, 2.45) is 0 Å². The van der Waals surface area contributed by atoms with Crippen LogP contribution in [-0.4, -0.2) is 64.3 Å². The summed E-state index contributed by atoms with van der Waals surface area (Å²) in [5.74, 6) is -0.322. The van der Waals surface area contributed by atoms with Crippen molar-refractivity contribution >= 4 is 23.6 Å². The fourth-order valence-corrected chi connectivity index (χ4v) is 3.42. The second-order valence-corrected chi connectivity index (χ2v) is 6.74. The number of carbonyl (C=O) groups is 2. The summed E-state index contributed by atoms with van der Waals surface area (Å²) in [4.78, 5) is 27.3. The lowest BCUT2D eigenvalue weighted by atomic mass is 10.0. The zero-order valence-corrected chi connectivity index (χ0v) is 15.3. The van der Waals surface area contributed by atoms with Gasteiger partial charge in [-0.2, -0.15) is 0 Å². The number of aromatic hydroxyl groups is 1. The number of phenolic OH excluding ortho intramolecular Hbond substituents is 1. The van der Waals surface area contributed by atoms with Crippen LogP contribution in [-0.2, 0) is 0 Å². The first-order valence-corrected chi connectivity index (χ1v) is 8.51. The fourth-order valence-electron chi connectivity index (χ4n) is 3.19. The maximum Gasteiger partial charge on any atom is 0.407 e. The van der Waals surface area contributed by atoms with Gasteiger partial charge < -0.3 is 24.7 Å². The molecule has 138 valence electrons. The maximum atomic E-state index is 13.1. The number of amides is 2. The zero-order valence-electron chi connectivity index (χ0n) is 14.5. The highest BCUT2D eigenvalue weighted by molar-refractivity contribution is 6.34. The lowest BCUT2D eigenvalue weighted by molar-refractivity contribution is 0.0449. The molecule has 0 bridgehead atoms. The molecule has 0 aromatic heterocycles. The standard InChI is InChI=1S/C17H23ClN2O5/c1-10(2)20(11-5-4-6-19(9-11)17(23)24)16(22)12-7-14(21)15(25-3)8-13(12)18/h7-8,10-11,21H,4-6,9H2,1-3H3,(H,23,24)/t11-/m1/s1. The topological polar surface area (TPSA) is 90.3 Å². The van der Waals surface area contributed by atoms with Gasteiger partial charge in [0.15, 0.2) is 11.5 Å². The van der Waals surface area contributed by atoms with E-state index in [1.165, 1.54) is 24.1 Å². The second-order valence-electron chi connectivity index (χ2n) is 6.33. The summed E-state index contributed by atoms with van der Waals surface area (Å²) in [6, 6.07) is 2.30. The Hall–Kier alpha value is -2.15. The van der Waals surface area contributed by atoms with Crippen molar-refractivity contribution in [3.05, 3.63) is 22.7 Å². The Kier molecular flexibility index (Phi) is 6.00. The highest BCUT2D eigenvalue weighted by Gasteiger charge is 2.33. The van der Waals surface area contributed by atoms with Crippen molar-refractivity contribution in [3.63, 3.8) is 0 Å². The minimum atomic E-state index is -0.985. The smallest absolute Gasteiger partial charge is 0.407 e. The van der Waals surface area contributed by atoms with E-state index in [1.807, 2.05) is 13.8 Å². The molecule has 0 saturated carbocycles.